The molecule has 5 heteroatoms. The largest absolute Gasteiger partial charge is 0.298 e. The molecule has 0 aromatic heterocycles. The smallest absolute Gasteiger partial charge is 0.243 e. The number of carbonyl (C=O) groups is 3. The first kappa shape index (κ1) is 14.4. The number of ketones is 1. The minimum Gasteiger partial charge on any atom is -0.298 e. The molecule has 2 amide bonds. The predicted molar refractivity (Wildman–Crippen MR) is 74.0 cm³/mol. The van der Waals surface area contributed by atoms with E-state index in [1.165, 1.54) is 0 Å². The van der Waals surface area contributed by atoms with E-state index in [4.69, 9.17) is 0 Å². The van der Waals surface area contributed by atoms with Crippen molar-refractivity contribution in [1.82, 2.24) is 10.2 Å². The van der Waals surface area contributed by atoms with E-state index >= 15 is 0 Å². The zero-order chi connectivity index (χ0) is 14.5. The summed E-state index contributed by atoms with van der Waals surface area (Å²) in [7, 11) is 1.74. The van der Waals surface area contributed by atoms with Crippen molar-refractivity contribution >= 4 is 17.6 Å². The van der Waals surface area contributed by atoms with Crippen molar-refractivity contribution < 1.29 is 14.4 Å². The van der Waals surface area contributed by atoms with Crippen LogP contribution < -0.4 is 5.32 Å². The lowest BCUT2D eigenvalue weighted by Gasteiger charge is -2.29. The Bertz CT molecular complexity index is 513. The molecule has 20 heavy (non-hydrogen) atoms. The SMILES string of the molecule is CN(CC(=O)Cc1ccccc1)C1CCC(=O)NC1=O. The van der Waals surface area contributed by atoms with Crippen LogP contribution >= 0.6 is 0 Å². The molecule has 106 valence electrons. The van der Waals surface area contributed by atoms with Crippen LogP contribution in [-0.4, -0.2) is 42.1 Å². The zero-order valence-corrected chi connectivity index (χ0v) is 11.5. The van der Waals surface area contributed by atoms with Crippen molar-refractivity contribution in [1.29, 1.82) is 0 Å². The molecule has 2 rings (SSSR count). The number of carbonyl (C=O) groups excluding carboxylic acids is 3. The summed E-state index contributed by atoms with van der Waals surface area (Å²) in [6.07, 6.45) is 1.16. The number of imide groups is 1. The molecule has 5 nitrogen and oxygen atoms in total. The van der Waals surface area contributed by atoms with Gasteiger partial charge in [-0.2, -0.15) is 0 Å². The maximum absolute atomic E-state index is 12.0. The lowest BCUT2D eigenvalue weighted by molar-refractivity contribution is -0.137. The summed E-state index contributed by atoms with van der Waals surface area (Å²) in [6, 6.07) is 9.11. The maximum Gasteiger partial charge on any atom is 0.243 e. The van der Waals surface area contributed by atoms with Crippen LogP contribution in [-0.2, 0) is 20.8 Å². The molecule has 1 N–H and O–H groups in total. The fraction of sp³-hybridized carbons (Fsp3) is 0.400. The van der Waals surface area contributed by atoms with Gasteiger partial charge in [-0.15, -0.1) is 0 Å². The first-order valence-electron chi connectivity index (χ1n) is 6.66. The van der Waals surface area contributed by atoms with Crippen LogP contribution in [0.2, 0.25) is 0 Å². The minimum atomic E-state index is -0.396. The topological polar surface area (TPSA) is 66.5 Å². The van der Waals surface area contributed by atoms with Crippen LogP contribution in [0.1, 0.15) is 18.4 Å². The molecule has 1 saturated heterocycles. The third kappa shape index (κ3) is 3.74. The molecule has 1 aromatic rings. The predicted octanol–water partition coefficient (Wildman–Crippen LogP) is 0.535. The van der Waals surface area contributed by atoms with Crippen molar-refractivity contribution in [3.8, 4) is 0 Å². The number of rotatable bonds is 5. The van der Waals surface area contributed by atoms with E-state index in [-0.39, 0.29) is 24.1 Å². The van der Waals surface area contributed by atoms with Gasteiger partial charge in [0, 0.05) is 12.8 Å². The number of amides is 2. The summed E-state index contributed by atoms with van der Waals surface area (Å²) in [6.45, 7) is 0.209. The van der Waals surface area contributed by atoms with Gasteiger partial charge in [-0.05, 0) is 19.0 Å². The van der Waals surface area contributed by atoms with Gasteiger partial charge in [0.25, 0.3) is 0 Å². The Hall–Kier alpha value is -2.01. The van der Waals surface area contributed by atoms with Crippen molar-refractivity contribution in [3.63, 3.8) is 0 Å². The normalized spacial score (nSPS) is 19.0. The molecular weight excluding hydrogens is 256 g/mol. The summed E-state index contributed by atoms with van der Waals surface area (Å²) in [5.74, 6) is -0.491. The molecule has 1 atom stereocenters. The Labute approximate surface area is 118 Å². The third-order valence-electron chi connectivity index (χ3n) is 3.41. The monoisotopic (exact) mass is 274 g/mol. The Morgan fingerprint density at radius 2 is 2.00 bits per heavy atom. The van der Waals surface area contributed by atoms with Gasteiger partial charge in [-0.25, -0.2) is 0 Å². The second kappa shape index (κ2) is 6.43. The zero-order valence-electron chi connectivity index (χ0n) is 11.5. The molecule has 0 bridgehead atoms. The molecule has 0 spiro atoms. The Kier molecular flexibility index (Phi) is 4.63. The highest BCUT2D eigenvalue weighted by atomic mass is 16.2. The first-order valence-corrected chi connectivity index (χ1v) is 6.66. The Balaban J connectivity index is 1.88. The maximum atomic E-state index is 12.0. The molecule has 0 radical (unpaired) electrons. The number of likely N-dealkylation sites (N-methyl/N-ethyl adjacent to an activating group) is 1. The average Bonchev–Trinajstić information content (AvgIpc) is 2.39. The van der Waals surface area contributed by atoms with E-state index in [2.05, 4.69) is 5.32 Å². The van der Waals surface area contributed by atoms with E-state index in [9.17, 15) is 14.4 Å². The van der Waals surface area contributed by atoms with E-state index in [1.54, 1.807) is 11.9 Å². The molecule has 1 unspecified atom stereocenters. The third-order valence-corrected chi connectivity index (χ3v) is 3.41. The second-order valence-corrected chi connectivity index (χ2v) is 5.08. The van der Waals surface area contributed by atoms with E-state index < -0.39 is 6.04 Å². The number of nitrogens with zero attached hydrogens (tertiary/aromatic N) is 1. The van der Waals surface area contributed by atoms with Crippen molar-refractivity contribution in [2.75, 3.05) is 13.6 Å². The molecule has 1 heterocycles. The van der Waals surface area contributed by atoms with Gasteiger partial charge < -0.3 is 0 Å². The molecule has 1 aromatic carbocycles. The first-order chi connectivity index (χ1) is 9.56. The van der Waals surface area contributed by atoms with E-state index in [1.807, 2.05) is 30.3 Å². The summed E-state index contributed by atoms with van der Waals surface area (Å²) >= 11 is 0. The van der Waals surface area contributed by atoms with Gasteiger partial charge in [0.05, 0.1) is 12.6 Å². The van der Waals surface area contributed by atoms with Gasteiger partial charge in [-0.1, -0.05) is 30.3 Å². The van der Waals surface area contributed by atoms with Crippen LogP contribution in [0.5, 0.6) is 0 Å². The van der Waals surface area contributed by atoms with Gasteiger partial charge >= 0.3 is 0 Å². The van der Waals surface area contributed by atoms with Gasteiger partial charge in [0.2, 0.25) is 11.8 Å². The Morgan fingerprint density at radius 1 is 1.30 bits per heavy atom. The molecule has 0 aliphatic carbocycles. The minimum absolute atomic E-state index is 0.0587. The summed E-state index contributed by atoms with van der Waals surface area (Å²) < 4.78 is 0. The molecule has 1 fully saturated rings. The number of hydrogen-bond acceptors (Lipinski definition) is 4. The standard InChI is InChI=1S/C15H18N2O3/c1-17(13-7-8-14(19)16-15(13)20)10-12(18)9-11-5-3-2-4-6-11/h2-6,13H,7-10H2,1H3,(H,16,19,20). The number of Topliss-reactive ketones (excluding diaryl/α,β-unsaturated/α-hetero) is 1. The van der Waals surface area contributed by atoms with Crippen LogP contribution in [0.15, 0.2) is 30.3 Å². The molecule has 1 aliphatic rings. The highest BCUT2D eigenvalue weighted by molar-refractivity contribution is 6.00. The number of benzene rings is 1. The van der Waals surface area contributed by atoms with Crippen molar-refractivity contribution in [2.45, 2.75) is 25.3 Å². The van der Waals surface area contributed by atoms with Gasteiger partial charge in [0.1, 0.15) is 0 Å². The number of nitrogens with one attached hydrogen (secondary N) is 1. The van der Waals surface area contributed by atoms with E-state index in [0.717, 1.165) is 5.56 Å². The summed E-state index contributed by atoms with van der Waals surface area (Å²) in [5, 5.41) is 2.30. The highest BCUT2D eigenvalue weighted by Crippen LogP contribution is 2.11. The molecule has 1 aliphatic heterocycles. The quantitative estimate of drug-likeness (QED) is 0.796. The number of hydrogen-bond donors (Lipinski definition) is 1. The van der Waals surface area contributed by atoms with Gasteiger partial charge in [-0.3, -0.25) is 24.6 Å². The van der Waals surface area contributed by atoms with Crippen LogP contribution in [0, 0.1) is 0 Å². The molecule has 0 saturated carbocycles. The average molecular weight is 274 g/mol. The highest BCUT2D eigenvalue weighted by Gasteiger charge is 2.30. The van der Waals surface area contributed by atoms with Crippen LogP contribution in [0.25, 0.3) is 0 Å². The van der Waals surface area contributed by atoms with E-state index in [0.29, 0.717) is 19.3 Å². The molecular formula is C15H18N2O3. The van der Waals surface area contributed by atoms with Crippen molar-refractivity contribution in [3.05, 3.63) is 35.9 Å². The lowest BCUT2D eigenvalue weighted by Crippen LogP contribution is -2.52. The summed E-state index contributed by atoms with van der Waals surface area (Å²) in [5.41, 5.74) is 0.967. The van der Waals surface area contributed by atoms with Crippen molar-refractivity contribution in [2.24, 2.45) is 0 Å². The summed E-state index contributed by atoms with van der Waals surface area (Å²) in [4.78, 5) is 36.5. The fourth-order valence-corrected chi connectivity index (χ4v) is 2.37. The Morgan fingerprint density at radius 3 is 2.65 bits per heavy atom. The second-order valence-electron chi connectivity index (χ2n) is 5.08. The lowest BCUT2D eigenvalue weighted by atomic mass is 10.0. The number of piperidine rings is 1. The van der Waals surface area contributed by atoms with Crippen LogP contribution in [0.3, 0.4) is 0 Å². The van der Waals surface area contributed by atoms with Crippen LogP contribution in [0.4, 0.5) is 0 Å². The van der Waals surface area contributed by atoms with Gasteiger partial charge in [0.15, 0.2) is 5.78 Å². The fourth-order valence-electron chi connectivity index (χ4n) is 2.37.